The highest BCUT2D eigenvalue weighted by atomic mass is 16.6. The number of hydrogen-bond donors (Lipinski definition) is 1. The SMILES string of the molecule is CN(CC(=O)Nc1ccc(N2CCOCC2)cc1)C(=O)C1(C)Cc2ccccc2C(=O)O1. The Bertz CT molecular complexity index is 1020. The van der Waals surface area contributed by atoms with Gasteiger partial charge in [-0.15, -0.1) is 0 Å². The zero-order valence-electron chi connectivity index (χ0n) is 18.3. The molecule has 1 fully saturated rings. The van der Waals surface area contributed by atoms with Gasteiger partial charge < -0.3 is 24.6 Å². The lowest BCUT2D eigenvalue weighted by Crippen LogP contribution is -2.53. The van der Waals surface area contributed by atoms with Gasteiger partial charge in [0.1, 0.15) is 0 Å². The molecule has 2 amide bonds. The molecule has 168 valence electrons. The quantitative estimate of drug-likeness (QED) is 0.721. The molecule has 0 bridgehead atoms. The highest BCUT2D eigenvalue weighted by Gasteiger charge is 2.44. The van der Waals surface area contributed by atoms with Gasteiger partial charge in [-0.3, -0.25) is 9.59 Å². The van der Waals surface area contributed by atoms with Crippen molar-refractivity contribution in [3.8, 4) is 0 Å². The van der Waals surface area contributed by atoms with Gasteiger partial charge in [0, 0.05) is 37.9 Å². The molecule has 1 N–H and O–H groups in total. The maximum atomic E-state index is 13.0. The minimum absolute atomic E-state index is 0.154. The van der Waals surface area contributed by atoms with Crippen LogP contribution in [-0.4, -0.2) is 68.2 Å². The second-order valence-electron chi connectivity index (χ2n) is 8.31. The van der Waals surface area contributed by atoms with Gasteiger partial charge in [0.15, 0.2) is 5.60 Å². The molecule has 8 nitrogen and oxygen atoms in total. The van der Waals surface area contributed by atoms with Gasteiger partial charge in [0.05, 0.1) is 25.3 Å². The van der Waals surface area contributed by atoms with Crippen molar-refractivity contribution in [1.82, 2.24) is 4.90 Å². The van der Waals surface area contributed by atoms with E-state index in [4.69, 9.17) is 9.47 Å². The zero-order chi connectivity index (χ0) is 22.7. The lowest BCUT2D eigenvalue weighted by molar-refractivity contribution is -0.151. The first-order valence-electron chi connectivity index (χ1n) is 10.7. The number of nitrogens with zero attached hydrogens (tertiary/aromatic N) is 2. The Morgan fingerprint density at radius 3 is 2.50 bits per heavy atom. The fraction of sp³-hybridized carbons (Fsp3) is 0.375. The molecule has 0 spiro atoms. The van der Waals surface area contributed by atoms with Crippen molar-refractivity contribution in [3.05, 3.63) is 59.7 Å². The number of amides is 2. The van der Waals surface area contributed by atoms with E-state index in [0.717, 1.165) is 24.3 Å². The summed E-state index contributed by atoms with van der Waals surface area (Å²) >= 11 is 0. The molecule has 0 radical (unpaired) electrons. The molecule has 32 heavy (non-hydrogen) atoms. The summed E-state index contributed by atoms with van der Waals surface area (Å²) in [6.07, 6.45) is 0.267. The maximum Gasteiger partial charge on any atom is 0.339 e. The predicted molar refractivity (Wildman–Crippen MR) is 120 cm³/mol. The molecule has 1 saturated heterocycles. The van der Waals surface area contributed by atoms with Crippen LogP contribution in [0.3, 0.4) is 0 Å². The van der Waals surface area contributed by atoms with Gasteiger partial charge in [-0.2, -0.15) is 0 Å². The second-order valence-corrected chi connectivity index (χ2v) is 8.31. The Hall–Kier alpha value is -3.39. The van der Waals surface area contributed by atoms with Crippen LogP contribution >= 0.6 is 0 Å². The van der Waals surface area contributed by atoms with Gasteiger partial charge in [0.2, 0.25) is 5.91 Å². The minimum atomic E-state index is -1.35. The molecule has 2 aromatic rings. The third-order valence-corrected chi connectivity index (χ3v) is 5.79. The van der Waals surface area contributed by atoms with E-state index in [1.54, 1.807) is 19.1 Å². The minimum Gasteiger partial charge on any atom is -0.445 e. The Labute approximate surface area is 187 Å². The fourth-order valence-electron chi connectivity index (χ4n) is 4.12. The van der Waals surface area contributed by atoms with Crippen LogP contribution in [0, 0.1) is 0 Å². The first kappa shape index (κ1) is 21.8. The summed E-state index contributed by atoms with van der Waals surface area (Å²) in [7, 11) is 1.53. The number of anilines is 2. The Morgan fingerprint density at radius 2 is 1.78 bits per heavy atom. The molecule has 1 unspecified atom stereocenters. The molecule has 2 aromatic carbocycles. The molecule has 0 aliphatic carbocycles. The number of likely N-dealkylation sites (N-methyl/N-ethyl adjacent to an activating group) is 1. The molecule has 2 aliphatic rings. The van der Waals surface area contributed by atoms with E-state index in [1.807, 2.05) is 36.4 Å². The lowest BCUT2D eigenvalue weighted by Gasteiger charge is -2.35. The summed E-state index contributed by atoms with van der Waals surface area (Å²) in [6, 6.07) is 14.7. The molecule has 0 saturated carbocycles. The van der Waals surface area contributed by atoms with E-state index >= 15 is 0 Å². The van der Waals surface area contributed by atoms with Crippen molar-refractivity contribution in [3.63, 3.8) is 0 Å². The van der Waals surface area contributed by atoms with Crippen LogP contribution < -0.4 is 10.2 Å². The summed E-state index contributed by atoms with van der Waals surface area (Å²) in [5.41, 5.74) is 1.61. The van der Waals surface area contributed by atoms with Gasteiger partial charge in [-0.25, -0.2) is 4.79 Å². The average molecular weight is 437 g/mol. The largest absolute Gasteiger partial charge is 0.445 e. The summed E-state index contributed by atoms with van der Waals surface area (Å²) < 4.78 is 10.8. The first-order chi connectivity index (χ1) is 15.4. The fourth-order valence-corrected chi connectivity index (χ4v) is 4.12. The summed E-state index contributed by atoms with van der Waals surface area (Å²) in [6.45, 7) is 4.52. The van der Waals surface area contributed by atoms with E-state index in [9.17, 15) is 14.4 Å². The number of carbonyl (C=O) groups is 3. The van der Waals surface area contributed by atoms with E-state index < -0.39 is 17.5 Å². The number of carbonyl (C=O) groups excluding carboxylic acids is 3. The van der Waals surface area contributed by atoms with Gasteiger partial charge in [-0.1, -0.05) is 18.2 Å². The molecule has 0 aromatic heterocycles. The number of fused-ring (bicyclic) bond motifs is 1. The molecular weight excluding hydrogens is 410 g/mol. The molecule has 4 rings (SSSR count). The van der Waals surface area contributed by atoms with Crippen LogP contribution in [0.2, 0.25) is 0 Å². The van der Waals surface area contributed by atoms with Crippen LogP contribution in [-0.2, 0) is 25.5 Å². The maximum absolute atomic E-state index is 13.0. The number of ether oxygens (including phenoxy) is 2. The summed E-state index contributed by atoms with van der Waals surface area (Å²) in [5, 5.41) is 2.81. The Kier molecular flexibility index (Phi) is 6.14. The van der Waals surface area contributed by atoms with Crippen molar-refractivity contribution in [2.45, 2.75) is 18.9 Å². The van der Waals surface area contributed by atoms with E-state index in [2.05, 4.69) is 10.2 Å². The number of hydrogen-bond acceptors (Lipinski definition) is 6. The van der Waals surface area contributed by atoms with Crippen LogP contribution in [0.1, 0.15) is 22.8 Å². The lowest BCUT2D eigenvalue weighted by atomic mass is 9.89. The third-order valence-electron chi connectivity index (χ3n) is 5.79. The van der Waals surface area contributed by atoms with E-state index in [1.165, 1.54) is 11.9 Å². The van der Waals surface area contributed by atoms with Crippen molar-refractivity contribution < 1.29 is 23.9 Å². The Balaban J connectivity index is 1.35. The third kappa shape index (κ3) is 4.60. The molecule has 1 atom stereocenters. The number of cyclic esters (lactones) is 1. The number of nitrogens with one attached hydrogen (secondary N) is 1. The first-order valence-corrected chi connectivity index (χ1v) is 10.7. The Morgan fingerprint density at radius 1 is 1.09 bits per heavy atom. The van der Waals surface area contributed by atoms with E-state index in [-0.39, 0.29) is 18.9 Å². The highest BCUT2D eigenvalue weighted by molar-refractivity contribution is 5.99. The van der Waals surface area contributed by atoms with Crippen LogP contribution in [0.25, 0.3) is 0 Å². The normalized spacial score (nSPS) is 20.2. The van der Waals surface area contributed by atoms with Crippen molar-refractivity contribution in [2.24, 2.45) is 0 Å². The topological polar surface area (TPSA) is 88.2 Å². The number of esters is 1. The van der Waals surface area contributed by atoms with E-state index in [0.29, 0.717) is 24.5 Å². The van der Waals surface area contributed by atoms with Crippen LogP contribution in [0.4, 0.5) is 11.4 Å². The smallest absolute Gasteiger partial charge is 0.339 e. The molecule has 2 aliphatic heterocycles. The number of rotatable bonds is 5. The van der Waals surface area contributed by atoms with Crippen molar-refractivity contribution in [1.29, 1.82) is 0 Å². The molecule has 8 heteroatoms. The van der Waals surface area contributed by atoms with Gasteiger partial charge in [0.25, 0.3) is 5.91 Å². The van der Waals surface area contributed by atoms with Crippen LogP contribution in [0.15, 0.2) is 48.5 Å². The molecule has 2 heterocycles. The van der Waals surface area contributed by atoms with Gasteiger partial charge >= 0.3 is 5.97 Å². The standard InChI is InChI=1S/C24H27N3O5/c1-24(15-17-5-3-4-6-20(17)22(29)32-24)23(30)26(2)16-21(28)25-18-7-9-19(10-8-18)27-11-13-31-14-12-27/h3-10H,11-16H2,1-2H3,(H,25,28). The number of morpholine rings is 1. The van der Waals surface area contributed by atoms with Crippen molar-refractivity contribution in [2.75, 3.05) is 50.1 Å². The van der Waals surface area contributed by atoms with Crippen LogP contribution in [0.5, 0.6) is 0 Å². The highest BCUT2D eigenvalue weighted by Crippen LogP contribution is 2.29. The molecular formula is C24H27N3O5. The predicted octanol–water partition coefficient (Wildman–Crippen LogP) is 2.09. The summed E-state index contributed by atoms with van der Waals surface area (Å²) in [4.78, 5) is 41.4. The zero-order valence-corrected chi connectivity index (χ0v) is 18.3. The summed E-state index contributed by atoms with van der Waals surface area (Å²) in [5.74, 6) is -1.27. The number of benzene rings is 2. The van der Waals surface area contributed by atoms with Crippen molar-refractivity contribution >= 4 is 29.2 Å². The average Bonchev–Trinajstić information content (AvgIpc) is 2.79. The van der Waals surface area contributed by atoms with Gasteiger partial charge in [-0.05, 0) is 42.8 Å². The monoisotopic (exact) mass is 437 g/mol. The second kappa shape index (κ2) is 9.00.